The molecule has 2 N–H and O–H groups in total. The molecule has 1 heterocycles. The van der Waals surface area contributed by atoms with Gasteiger partial charge in [0.25, 0.3) is 5.91 Å². The maximum atomic E-state index is 12.3. The fourth-order valence-electron chi connectivity index (χ4n) is 2.78. The van der Waals surface area contributed by atoms with Gasteiger partial charge in [0.1, 0.15) is 10.8 Å². The van der Waals surface area contributed by atoms with Crippen molar-refractivity contribution < 1.29 is 14.7 Å². The lowest BCUT2D eigenvalue weighted by Gasteiger charge is -2.23. The number of carbonyl (C=O) groups is 2. The average molecular weight is 333 g/mol. The summed E-state index contributed by atoms with van der Waals surface area (Å²) in [6, 6.07) is 1.14. The minimum absolute atomic E-state index is 0.289. The topological polar surface area (TPSA) is 71.3 Å². The summed E-state index contributed by atoms with van der Waals surface area (Å²) in [4.78, 5) is 23.7. The second-order valence-corrected chi connectivity index (χ2v) is 6.16. The third kappa shape index (κ3) is 3.52. The highest BCUT2D eigenvalue weighted by Gasteiger charge is 2.31. The highest BCUT2D eigenvalue weighted by molar-refractivity contribution is 6.41. The largest absolute Gasteiger partial charge is 0.481 e. The van der Waals surface area contributed by atoms with Crippen molar-refractivity contribution in [1.82, 2.24) is 9.88 Å². The molecule has 0 radical (unpaired) electrons. The molecule has 2 atom stereocenters. The smallest absolute Gasteiger partial charge is 0.308 e. The van der Waals surface area contributed by atoms with Gasteiger partial charge < -0.3 is 15.0 Å². The fourth-order valence-corrected chi connectivity index (χ4v) is 3.15. The van der Waals surface area contributed by atoms with Gasteiger partial charge in [0.2, 0.25) is 0 Å². The van der Waals surface area contributed by atoms with E-state index in [0.717, 1.165) is 19.3 Å². The number of carboxylic acids is 1. The number of nitrogens with zero attached hydrogens (tertiary/aromatic N) is 1. The van der Waals surface area contributed by atoms with Gasteiger partial charge in [-0.25, -0.2) is 0 Å². The number of amides is 1. The van der Waals surface area contributed by atoms with Gasteiger partial charge in [-0.3, -0.25) is 9.59 Å². The van der Waals surface area contributed by atoms with E-state index in [1.54, 1.807) is 7.05 Å². The van der Waals surface area contributed by atoms with Crippen molar-refractivity contribution in [2.75, 3.05) is 0 Å². The number of aliphatic carboxylic acids is 1. The summed E-state index contributed by atoms with van der Waals surface area (Å²) in [6.07, 6.45) is 4.07. The number of nitrogens with one attached hydrogen (secondary N) is 1. The van der Waals surface area contributed by atoms with E-state index in [2.05, 4.69) is 5.32 Å². The van der Waals surface area contributed by atoms with E-state index in [1.807, 2.05) is 0 Å². The standard InChI is InChI=1S/C14H18Cl2N2O3/c1-18-11(7-9(15)12(18)16)13(19)17-10-6-4-2-3-5-8(10)14(20)21/h7-8,10H,2-6H2,1H3,(H,17,19)(H,20,21). The summed E-state index contributed by atoms with van der Waals surface area (Å²) < 4.78 is 1.49. The summed E-state index contributed by atoms with van der Waals surface area (Å²) in [5, 5.41) is 12.7. The molecule has 0 aromatic carbocycles. The van der Waals surface area contributed by atoms with Crippen molar-refractivity contribution in [1.29, 1.82) is 0 Å². The molecule has 0 bridgehead atoms. The van der Waals surface area contributed by atoms with E-state index < -0.39 is 11.9 Å². The lowest BCUT2D eigenvalue weighted by molar-refractivity contribution is -0.142. The first-order valence-electron chi connectivity index (χ1n) is 6.96. The van der Waals surface area contributed by atoms with E-state index in [4.69, 9.17) is 23.2 Å². The van der Waals surface area contributed by atoms with Crippen molar-refractivity contribution >= 4 is 35.1 Å². The predicted octanol–water partition coefficient (Wildman–Crippen LogP) is 3.10. The fraction of sp³-hybridized carbons (Fsp3) is 0.571. The molecule has 1 aliphatic rings. The van der Waals surface area contributed by atoms with Gasteiger partial charge in [0, 0.05) is 13.1 Å². The minimum Gasteiger partial charge on any atom is -0.481 e. The van der Waals surface area contributed by atoms with Gasteiger partial charge in [-0.15, -0.1) is 0 Å². The Kier molecular flexibility index (Phi) is 5.17. The van der Waals surface area contributed by atoms with Crippen molar-refractivity contribution in [3.63, 3.8) is 0 Å². The molecular weight excluding hydrogens is 315 g/mol. The van der Waals surface area contributed by atoms with Crippen molar-refractivity contribution in [3.05, 3.63) is 21.9 Å². The zero-order chi connectivity index (χ0) is 15.6. The van der Waals surface area contributed by atoms with Crippen LogP contribution in [-0.2, 0) is 11.8 Å². The molecule has 1 fully saturated rings. The quantitative estimate of drug-likeness (QED) is 0.835. The van der Waals surface area contributed by atoms with Crippen LogP contribution in [0.4, 0.5) is 0 Å². The third-order valence-electron chi connectivity index (χ3n) is 4.00. The summed E-state index contributed by atoms with van der Waals surface area (Å²) in [5.74, 6) is -1.74. The van der Waals surface area contributed by atoms with Crippen LogP contribution in [0, 0.1) is 5.92 Å². The van der Waals surface area contributed by atoms with Crippen LogP contribution in [0.3, 0.4) is 0 Å². The zero-order valence-corrected chi connectivity index (χ0v) is 13.2. The third-order valence-corrected chi connectivity index (χ3v) is 4.84. The maximum absolute atomic E-state index is 12.3. The molecule has 21 heavy (non-hydrogen) atoms. The maximum Gasteiger partial charge on any atom is 0.308 e. The van der Waals surface area contributed by atoms with Gasteiger partial charge in [-0.05, 0) is 18.9 Å². The molecule has 2 unspecified atom stereocenters. The molecule has 1 aromatic heterocycles. The molecule has 116 valence electrons. The molecule has 5 nitrogen and oxygen atoms in total. The van der Waals surface area contributed by atoms with E-state index in [0.29, 0.717) is 23.6 Å². The Morgan fingerprint density at radius 2 is 1.95 bits per heavy atom. The van der Waals surface area contributed by atoms with Crippen LogP contribution in [0.2, 0.25) is 10.2 Å². The van der Waals surface area contributed by atoms with Crippen LogP contribution in [0.25, 0.3) is 0 Å². The Labute approximate surface area is 133 Å². The summed E-state index contributed by atoms with van der Waals surface area (Å²) >= 11 is 11.8. The molecule has 1 amide bonds. The van der Waals surface area contributed by atoms with E-state index in [9.17, 15) is 14.7 Å². The van der Waals surface area contributed by atoms with Crippen LogP contribution >= 0.6 is 23.2 Å². The van der Waals surface area contributed by atoms with Crippen LogP contribution in [0.1, 0.15) is 42.6 Å². The number of carbonyl (C=O) groups excluding carboxylic acids is 1. The number of aromatic nitrogens is 1. The van der Waals surface area contributed by atoms with Crippen molar-refractivity contribution in [2.24, 2.45) is 13.0 Å². The molecule has 7 heteroatoms. The molecule has 1 aromatic rings. The molecule has 1 saturated carbocycles. The van der Waals surface area contributed by atoms with Crippen LogP contribution in [-0.4, -0.2) is 27.6 Å². The second kappa shape index (κ2) is 6.71. The minimum atomic E-state index is -0.856. The Bertz CT molecular complexity index is 557. The van der Waals surface area contributed by atoms with E-state index in [-0.39, 0.29) is 17.1 Å². The summed E-state index contributed by atoms with van der Waals surface area (Å²) in [7, 11) is 1.64. The van der Waals surface area contributed by atoms with Gasteiger partial charge in [0.15, 0.2) is 0 Å². The van der Waals surface area contributed by atoms with Gasteiger partial charge in [-0.2, -0.15) is 0 Å². The Balaban J connectivity index is 2.16. The number of hydrogen-bond acceptors (Lipinski definition) is 2. The first-order chi connectivity index (χ1) is 9.91. The van der Waals surface area contributed by atoms with Crippen LogP contribution < -0.4 is 5.32 Å². The molecule has 2 rings (SSSR count). The number of carboxylic acid groups (broad SMARTS) is 1. The average Bonchev–Trinajstić information content (AvgIpc) is 2.62. The molecule has 0 aliphatic heterocycles. The molecule has 0 spiro atoms. The van der Waals surface area contributed by atoms with Gasteiger partial charge >= 0.3 is 5.97 Å². The van der Waals surface area contributed by atoms with Gasteiger partial charge in [0.05, 0.1) is 10.9 Å². The number of hydrogen-bond donors (Lipinski definition) is 2. The van der Waals surface area contributed by atoms with Crippen LogP contribution in [0.5, 0.6) is 0 Å². The summed E-state index contributed by atoms with van der Waals surface area (Å²) in [6.45, 7) is 0. The number of halogens is 2. The lowest BCUT2D eigenvalue weighted by atomic mass is 9.95. The number of rotatable bonds is 3. The van der Waals surface area contributed by atoms with E-state index >= 15 is 0 Å². The van der Waals surface area contributed by atoms with Gasteiger partial charge in [-0.1, -0.05) is 42.5 Å². The first kappa shape index (κ1) is 16.2. The highest BCUT2D eigenvalue weighted by atomic mass is 35.5. The Morgan fingerprint density at radius 3 is 2.52 bits per heavy atom. The molecule has 1 aliphatic carbocycles. The molecular formula is C14H18Cl2N2O3. The zero-order valence-electron chi connectivity index (χ0n) is 11.7. The van der Waals surface area contributed by atoms with Crippen LogP contribution in [0.15, 0.2) is 6.07 Å². The monoisotopic (exact) mass is 332 g/mol. The van der Waals surface area contributed by atoms with Crippen molar-refractivity contribution in [2.45, 2.75) is 38.1 Å². The first-order valence-corrected chi connectivity index (χ1v) is 7.71. The molecule has 0 saturated heterocycles. The summed E-state index contributed by atoms with van der Waals surface area (Å²) in [5.41, 5.74) is 0.332. The second-order valence-electron chi connectivity index (χ2n) is 5.39. The predicted molar refractivity (Wildman–Crippen MR) is 80.9 cm³/mol. The van der Waals surface area contributed by atoms with E-state index in [1.165, 1.54) is 10.6 Å². The normalized spacial score (nSPS) is 22.6. The highest BCUT2D eigenvalue weighted by Crippen LogP contribution is 2.27. The Hall–Kier alpha value is -1.20. The lowest BCUT2D eigenvalue weighted by Crippen LogP contribution is -2.43. The Morgan fingerprint density at radius 1 is 1.29 bits per heavy atom. The SMILES string of the molecule is Cn1c(C(=O)NC2CCCCCC2C(=O)O)cc(Cl)c1Cl. The van der Waals surface area contributed by atoms with Crippen molar-refractivity contribution in [3.8, 4) is 0 Å².